The Hall–Kier alpha value is -1.75. The van der Waals surface area contributed by atoms with Crippen molar-refractivity contribution < 1.29 is 9.32 Å². The van der Waals surface area contributed by atoms with Gasteiger partial charge in [-0.15, -0.1) is 0 Å². The Labute approximate surface area is 116 Å². The fraction of sp³-hybridized carbons (Fsp3) is 0.286. The lowest BCUT2D eigenvalue weighted by Crippen LogP contribution is -2.26. The van der Waals surface area contributed by atoms with Gasteiger partial charge in [-0.25, -0.2) is 0 Å². The maximum absolute atomic E-state index is 11.6. The Bertz CT molecular complexity index is 525. The molecule has 0 unspecified atom stereocenters. The molecule has 4 nitrogen and oxygen atoms in total. The average molecular weight is 276 g/mol. The molecule has 0 saturated carbocycles. The summed E-state index contributed by atoms with van der Waals surface area (Å²) in [5, 5.41) is 6.48. The number of carbonyl (C=O) groups excluding carboxylic acids is 1. The molecule has 0 saturated heterocycles. The van der Waals surface area contributed by atoms with E-state index in [4.69, 9.17) is 4.52 Å². The zero-order chi connectivity index (χ0) is 13.5. The summed E-state index contributed by atoms with van der Waals surface area (Å²) in [7, 11) is 0. The SMILES string of the molecule is Cc1cc(C(=O)NCCSCc2ccccc2)no1. The van der Waals surface area contributed by atoms with Gasteiger partial charge >= 0.3 is 0 Å². The van der Waals surface area contributed by atoms with Crippen molar-refractivity contribution in [1.29, 1.82) is 0 Å². The largest absolute Gasteiger partial charge is 0.361 e. The van der Waals surface area contributed by atoms with E-state index in [-0.39, 0.29) is 5.91 Å². The van der Waals surface area contributed by atoms with Crippen molar-refractivity contribution in [3.63, 3.8) is 0 Å². The molecule has 2 aromatic rings. The van der Waals surface area contributed by atoms with Crippen LogP contribution in [0.4, 0.5) is 0 Å². The summed E-state index contributed by atoms with van der Waals surface area (Å²) in [5.74, 6) is 2.29. The van der Waals surface area contributed by atoms with E-state index in [0.29, 0.717) is 18.0 Å². The van der Waals surface area contributed by atoms with Crippen molar-refractivity contribution in [2.24, 2.45) is 0 Å². The summed E-state index contributed by atoms with van der Waals surface area (Å²) in [6, 6.07) is 11.9. The van der Waals surface area contributed by atoms with E-state index in [1.165, 1.54) is 5.56 Å². The molecule has 0 atom stereocenters. The molecule has 19 heavy (non-hydrogen) atoms. The van der Waals surface area contributed by atoms with E-state index >= 15 is 0 Å². The second-order valence-electron chi connectivity index (χ2n) is 4.12. The molecule has 0 aliphatic carbocycles. The van der Waals surface area contributed by atoms with Gasteiger partial charge in [-0.2, -0.15) is 11.8 Å². The van der Waals surface area contributed by atoms with E-state index in [2.05, 4.69) is 22.6 Å². The van der Waals surface area contributed by atoms with Crippen LogP contribution in [0.3, 0.4) is 0 Å². The fourth-order valence-electron chi connectivity index (χ4n) is 1.56. The lowest BCUT2D eigenvalue weighted by atomic mass is 10.2. The molecular formula is C14H16N2O2S. The van der Waals surface area contributed by atoms with Crippen LogP contribution < -0.4 is 5.32 Å². The first-order chi connectivity index (χ1) is 9.25. The molecule has 0 radical (unpaired) electrons. The van der Waals surface area contributed by atoms with E-state index in [9.17, 15) is 4.79 Å². The first-order valence-electron chi connectivity index (χ1n) is 6.09. The highest BCUT2D eigenvalue weighted by atomic mass is 32.2. The highest BCUT2D eigenvalue weighted by Crippen LogP contribution is 2.10. The lowest BCUT2D eigenvalue weighted by molar-refractivity contribution is 0.0947. The fourth-order valence-corrected chi connectivity index (χ4v) is 2.38. The van der Waals surface area contributed by atoms with Gasteiger partial charge in [0.25, 0.3) is 5.91 Å². The van der Waals surface area contributed by atoms with Crippen LogP contribution in [-0.4, -0.2) is 23.4 Å². The van der Waals surface area contributed by atoms with Gasteiger partial charge in [-0.3, -0.25) is 4.79 Å². The Morgan fingerprint density at radius 1 is 1.37 bits per heavy atom. The molecule has 0 fully saturated rings. The van der Waals surface area contributed by atoms with Crippen molar-refractivity contribution in [2.75, 3.05) is 12.3 Å². The standard InChI is InChI=1S/C14H16N2O2S/c1-11-9-13(16-18-11)14(17)15-7-8-19-10-12-5-3-2-4-6-12/h2-6,9H,7-8,10H2,1H3,(H,15,17). The molecule has 1 aromatic heterocycles. The molecular weight excluding hydrogens is 260 g/mol. The molecule has 0 spiro atoms. The maximum Gasteiger partial charge on any atom is 0.273 e. The Kier molecular flexibility index (Phi) is 5.03. The van der Waals surface area contributed by atoms with E-state index < -0.39 is 0 Å². The lowest BCUT2D eigenvalue weighted by Gasteiger charge is -2.03. The Balaban J connectivity index is 1.63. The van der Waals surface area contributed by atoms with Crippen LogP contribution in [0.25, 0.3) is 0 Å². The second-order valence-corrected chi connectivity index (χ2v) is 5.22. The van der Waals surface area contributed by atoms with Crippen molar-refractivity contribution in [3.8, 4) is 0 Å². The zero-order valence-corrected chi connectivity index (χ0v) is 11.6. The van der Waals surface area contributed by atoms with E-state index in [1.807, 2.05) is 18.2 Å². The number of hydrogen-bond acceptors (Lipinski definition) is 4. The van der Waals surface area contributed by atoms with Gasteiger partial charge in [0.05, 0.1) is 0 Å². The number of amides is 1. The normalized spacial score (nSPS) is 10.4. The molecule has 1 heterocycles. The van der Waals surface area contributed by atoms with Crippen LogP contribution >= 0.6 is 11.8 Å². The molecule has 1 aromatic carbocycles. The van der Waals surface area contributed by atoms with Crippen molar-refractivity contribution in [1.82, 2.24) is 10.5 Å². The molecule has 5 heteroatoms. The number of aromatic nitrogens is 1. The maximum atomic E-state index is 11.6. The number of aryl methyl sites for hydroxylation is 1. The predicted molar refractivity (Wildman–Crippen MR) is 76.2 cm³/mol. The average Bonchev–Trinajstić information content (AvgIpc) is 2.86. The number of nitrogens with one attached hydrogen (secondary N) is 1. The second kappa shape index (κ2) is 6.99. The van der Waals surface area contributed by atoms with E-state index in [0.717, 1.165) is 11.5 Å². The third-order valence-electron chi connectivity index (χ3n) is 2.50. The summed E-state index contributed by atoms with van der Waals surface area (Å²) in [6.07, 6.45) is 0. The van der Waals surface area contributed by atoms with Crippen LogP contribution in [0.2, 0.25) is 0 Å². The van der Waals surface area contributed by atoms with Gasteiger partial charge in [0.15, 0.2) is 5.69 Å². The number of hydrogen-bond donors (Lipinski definition) is 1. The third-order valence-corrected chi connectivity index (χ3v) is 3.53. The molecule has 1 amide bonds. The summed E-state index contributed by atoms with van der Waals surface area (Å²) in [5.41, 5.74) is 1.64. The summed E-state index contributed by atoms with van der Waals surface area (Å²) < 4.78 is 4.85. The van der Waals surface area contributed by atoms with Crippen molar-refractivity contribution >= 4 is 17.7 Å². The number of carbonyl (C=O) groups is 1. The van der Waals surface area contributed by atoms with Crippen molar-refractivity contribution in [3.05, 3.63) is 53.4 Å². The minimum atomic E-state index is -0.183. The number of benzene rings is 1. The van der Waals surface area contributed by atoms with Gasteiger partial charge in [-0.05, 0) is 12.5 Å². The predicted octanol–water partition coefficient (Wildman–Crippen LogP) is 2.65. The molecule has 0 bridgehead atoms. The minimum absolute atomic E-state index is 0.183. The van der Waals surface area contributed by atoms with Crippen LogP contribution in [-0.2, 0) is 5.75 Å². The van der Waals surface area contributed by atoms with Crippen molar-refractivity contribution in [2.45, 2.75) is 12.7 Å². The number of rotatable bonds is 6. The highest BCUT2D eigenvalue weighted by molar-refractivity contribution is 7.98. The van der Waals surface area contributed by atoms with Gasteiger partial charge in [0, 0.05) is 24.1 Å². The molecule has 0 aliphatic rings. The topological polar surface area (TPSA) is 55.1 Å². The zero-order valence-electron chi connectivity index (χ0n) is 10.8. The van der Waals surface area contributed by atoms with Gasteiger partial charge in [-0.1, -0.05) is 35.5 Å². The van der Waals surface area contributed by atoms with Crippen LogP contribution in [0.5, 0.6) is 0 Å². The molecule has 0 aliphatic heterocycles. The van der Waals surface area contributed by atoms with Gasteiger partial charge in [0.2, 0.25) is 0 Å². The van der Waals surface area contributed by atoms with Crippen LogP contribution in [0.15, 0.2) is 40.9 Å². The molecule has 2 rings (SSSR count). The summed E-state index contributed by atoms with van der Waals surface area (Å²) in [6.45, 7) is 2.39. The minimum Gasteiger partial charge on any atom is -0.361 e. The number of nitrogens with zero attached hydrogens (tertiary/aromatic N) is 1. The van der Waals surface area contributed by atoms with Gasteiger partial charge < -0.3 is 9.84 Å². The Morgan fingerprint density at radius 3 is 2.84 bits per heavy atom. The smallest absolute Gasteiger partial charge is 0.273 e. The molecule has 1 N–H and O–H groups in total. The molecule has 100 valence electrons. The van der Waals surface area contributed by atoms with Gasteiger partial charge in [0.1, 0.15) is 5.76 Å². The quantitative estimate of drug-likeness (QED) is 0.824. The van der Waals surface area contributed by atoms with Crippen LogP contribution in [0.1, 0.15) is 21.8 Å². The summed E-state index contributed by atoms with van der Waals surface area (Å²) in [4.78, 5) is 11.6. The monoisotopic (exact) mass is 276 g/mol. The highest BCUT2D eigenvalue weighted by Gasteiger charge is 2.09. The van der Waals surface area contributed by atoms with E-state index in [1.54, 1.807) is 24.8 Å². The third kappa shape index (κ3) is 4.44. The first kappa shape index (κ1) is 13.7. The number of thioether (sulfide) groups is 1. The first-order valence-corrected chi connectivity index (χ1v) is 7.24. The Morgan fingerprint density at radius 2 is 2.16 bits per heavy atom. The summed E-state index contributed by atoms with van der Waals surface area (Å²) >= 11 is 1.79. The van der Waals surface area contributed by atoms with Crippen LogP contribution in [0, 0.1) is 6.92 Å².